The van der Waals surface area contributed by atoms with Crippen molar-refractivity contribution >= 4 is 46.4 Å². The summed E-state index contributed by atoms with van der Waals surface area (Å²) in [6.45, 7) is 3.89. The topological polar surface area (TPSA) is 70.6 Å². The first-order valence-electron chi connectivity index (χ1n) is 9.10. The van der Waals surface area contributed by atoms with Gasteiger partial charge < -0.3 is 5.32 Å². The van der Waals surface area contributed by atoms with Gasteiger partial charge in [0, 0.05) is 17.1 Å². The quantitative estimate of drug-likeness (QED) is 0.328. The van der Waals surface area contributed by atoms with Crippen molar-refractivity contribution in [2.45, 2.75) is 39.5 Å². The Balaban J connectivity index is 2.03. The van der Waals surface area contributed by atoms with Crippen LogP contribution in [0.15, 0.2) is 47.6 Å². The number of carbonyl (C=O) groups is 2. The van der Waals surface area contributed by atoms with Crippen molar-refractivity contribution < 1.29 is 9.59 Å². The van der Waals surface area contributed by atoms with E-state index >= 15 is 0 Å². The molecule has 0 unspecified atom stereocenters. The summed E-state index contributed by atoms with van der Waals surface area (Å²) in [4.78, 5) is 24.2. The number of rotatable bonds is 8. The third-order valence-electron chi connectivity index (χ3n) is 4.07. The van der Waals surface area contributed by atoms with Crippen molar-refractivity contribution in [3.8, 4) is 0 Å². The minimum Gasteiger partial charge on any atom is -0.322 e. The lowest BCUT2D eigenvalue weighted by atomic mass is 10.1. The summed E-state index contributed by atoms with van der Waals surface area (Å²) in [5.74, 6) is -0.438. The number of halogens is 2. The van der Waals surface area contributed by atoms with Gasteiger partial charge >= 0.3 is 0 Å². The molecule has 0 atom stereocenters. The van der Waals surface area contributed by atoms with Crippen LogP contribution in [0.2, 0.25) is 10.0 Å². The van der Waals surface area contributed by atoms with Gasteiger partial charge in [-0.05, 0) is 49.2 Å². The minimum atomic E-state index is -0.336. The second kappa shape index (κ2) is 10.8. The Labute approximate surface area is 175 Å². The summed E-state index contributed by atoms with van der Waals surface area (Å²) < 4.78 is 0. The Morgan fingerprint density at radius 2 is 1.86 bits per heavy atom. The zero-order chi connectivity index (χ0) is 20.5. The van der Waals surface area contributed by atoms with E-state index in [1.165, 1.54) is 6.07 Å². The molecular formula is C21H23Cl2N3O2. The highest BCUT2D eigenvalue weighted by Gasteiger charge is 2.11. The first-order valence-corrected chi connectivity index (χ1v) is 9.86. The average molecular weight is 420 g/mol. The Hall–Kier alpha value is -2.37. The van der Waals surface area contributed by atoms with Crippen molar-refractivity contribution in [1.29, 1.82) is 0 Å². The highest BCUT2D eigenvalue weighted by molar-refractivity contribution is 6.37. The van der Waals surface area contributed by atoms with Crippen molar-refractivity contribution in [1.82, 2.24) is 5.43 Å². The Morgan fingerprint density at radius 3 is 2.57 bits per heavy atom. The predicted molar refractivity (Wildman–Crippen MR) is 115 cm³/mol. The molecule has 0 aliphatic carbocycles. The van der Waals surface area contributed by atoms with Gasteiger partial charge in [0.2, 0.25) is 5.91 Å². The maximum atomic E-state index is 12.4. The largest absolute Gasteiger partial charge is 0.322 e. The molecule has 2 aromatic carbocycles. The Bertz CT molecular complexity index is 882. The van der Waals surface area contributed by atoms with Gasteiger partial charge in [0.1, 0.15) is 0 Å². The van der Waals surface area contributed by atoms with Crippen LogP contribution in [-0.4, -0.2) is 17.5 Å². The number of nitrogens with zero attached hydrogens (tertiary/aromatic N) is 1. The number of anilines is 1. The number of hydrazone groups is 1. The SMILES string of the molecule is CCCCCC(=O)N/N=C(/C)c1cccc(NC(=O)c2ccc(Cl)cc2Cl)c1. The average Bonchev–Trinajstić information content (AvgIpc) is 2.66. The van der Waals surface area contributed by atoms with E-state index in [1.807, 2.05) is 6.07 Å². The van der Waals surface area contributed by atoms with Crippen molar-refractivity contribution in [3.05, 3.63) is 63.6 Å². The Morgan fingerprint density at radius 1 is 1.07 bits per heavy atom. The van der Waals surface area contributed by atoms with E-state index < -0.39 is 0 Å². The van der Waals surface area contributed by atoms with E-state index in [4.69, 9.17) is 23.2 Å². The third kappa shape index (κ3) is 6.66. The number of amides is 2. The molecule has 0 aliphatic heterocycles. The number of carbonyl (C=O) groups excluding carboxylic acids is 2. The van der Waals surface area contributed by atoms with Gasteiger partial charge in [-0.25, -0.2) is 5.43 Å². The van der Waals surface area contributed by atoms with Crippen LogP contribution in [0.4, 0.5) is 5.69 Å². The number of benzene rings is 2. The van der Waals surface area contributed by atoms with Crippen LogP contribution in [0.5, 0.6) is 0 Å². The molecule has 2 aromatic rings. The van der Waals surface area contributed by atoms with Gasteiger partial charge in [-0.2, -0.15) is 5.10 Å². The summed E-state index contributed by atoms with van der Waals surface area (Å²) in [6.07, 6.45) is 3.40. The minimum absolute atomic E-state index is 0.102. The molecule has 0 saturated heterocycles. The molecule has 7 heteroatoms. The molecule has 0 aliphatic rings. The molecule has 5 nitrogen and oxygen atoms in total. The smallest absolute Gasteiger partial charge is 0.257 e. The molecule has 0 saturated carbocycles. The fraction of sp³-hybridized carbons (Fsp3) is 0.286. The molecular weight excluding hydrogens is 397 g/mol. The second-order valence-electron chi connectivity index (χ2n) is 6.35. The number of hydrogen-bond acceptors (Lipinski definition) is 3. The number of nitrogens with one attached hydrogen (secondary N) is 2. The van der Waals surface area contributed by atoms with Crippen LogP contribution in [0.25, 0.3) is 0 Å². The molecule has 0 heterocycles. The van der Waals surface area contributed by atoms with E-state index in [9.17, 15) is 9.59 Å². The molecule has 0 radical (unpaired) electrons. The summed E-state index contributed by atoms with van der Waals surface area (Å²) in [7, 11) is 0. The van der Waals surface area contributed by atoms with Crippen molar-refractivity contribution in [2.75, 3.05) is 5.32 Å². The van der Waals surface area contributed by atoms with Crippen LogP contribution >= 0.6 is 23.2 Å². The Kier molecular flexibility index (Phi) is 8.48. The standard InChI is InChI=1S/C21H23Cl2N3O2/c1-3-4-5-9-20(27)26-25-14(2)15-7-6-8-17(12-15)24-21(28)18-11-10-16(22)13-19(18)23/h6-8,10-13H,3-5,9H2,1-2H3,(H,24,28)(H,26,27)/b25-14-. The lowest BCUT2D eigenvalue weighted by Gasteiger charge is -2.09. The second-order valence-corrected chi connectivity index (χ2v) is 7.19. The summed E-state index contributed by atoms with van der Waals surface area (Å²) in [5.41, 5.74) is 4.93. The molecule has 148 valence electrons. The third-order valence-corrected chi connectivity index (χ3v) is 4.62. The van der Waals surface area contributed by atoms with Gasteiger partial charge in [-0.15, -0.1) is 0 Å². The highest BCUT2D eigenvalue weighted by atomic mass is 35.5. The molecule has 2 amide bonds. The van der Waals surface area contributed by atoms with E-state index in [0.717, 1.165) is 24.8 Å². The maximum absolute atomic E-state index is 12.4. The molecule has 2 N–H and O–H groups in total. The van der Waals surface area contributed by atoms with Gasteiger partial charge in [0.05, 0.1) is 16.3 Å². The molecule has 0 aromatic heterocycles. The normalized spacial score (nSPS) is 11.2. The lowest BCUT2D eigenvalue weighted by Crippen LogP contribution is -2.19. The maximum Gasteiger partial charge on any atom is 0.257 e. The first-order chi connectivity index (χ1) is 13.4. The lowest BCUT2D eigenvalue weighted by molar-refractivity contribution is -0.121. The summed E-state index contributed by atoms with van der Waals surface area (Å²) in [5, 5.41) is 7.70. The molecule has 0 spiro atoms. The van der Waals surface area contributed by atoms with Crippen LogP contribution in [0, 0.1) is 0 Å². The molecule has 28 heavy (non-hydrogen) atoms. The molecule has 0 fully saturated rings. The van der Waals surface area contributed by atoms with Crippen LogP contribution in [0.1, 0.15) is 55.5 Å². The van der Waals surface area contributed by atoms with Gasteiger partial charge in [-0.1, -0.05) is 55.1 Å². The van der Waals surface area contributed by atoms with E-state index in [-0.39, 0.29) is 16.8 Å². The van der Waals surface area contributed by atoms with Crippen LogP contribution in [0.3, 0.4) is 0 Å². The van der Waals surface area contributed by atoms with E-state index in [0.29, 0.717) is 28.4 Å². The fourth-order valence-corrected chi connectivity index (χ4v) is 2.99. The number of unbranched alkanes of at least 4 members (excludes halogenated alkanes) is 2. The monoisotopic (exact) mass is 419 g/mol. The van der Waals surface area contributed by atoms with Crippen LogP contribution in [-0.2, 0) is 4.79 Å². The van der Waals surface area contributed by atoms with Crippen molar-refractivity contribution in [2.24, 2.45) is 5.10 Å². The van der Waals surface area contributed by atoms with Gasteiger partial charge in [-0.3, -0.25) is 9.59 Å². The van der Waals surface area contributed by atoms with Gasteiger partial charge in [0.15, 0.2) is 0 Å². The van der Waals surface area contributed by atoms with E-state index in [2.05, 4.69) is 22.8 Å². The fourth-order valence-electron chi connectivity index (χ4n) is 2.50. The van der Waals surface area contributed by atoms with E-state index in [1.54, 1.807) is 37.3 Å². The first kappa shape index (κ1) is 21.9. The summed E-state index contributed by atoms with van der Waals surface area (Å²) in [6, 6.07) is 11.9. The number of hydrogen-bond donors (Lipinski definition) is 2. The van der Waals surface area contributed by atoms with Crippen LogP contribution < -0.4 is 10.7 Å². The zero-order valence-electron chi connectivity index (χ0n) is 15.9. The zero-order valence-corrected chi connectivity index (χ0v) is 17.4. The van der Waals surface area contributed by atoms with Crippen molar-refractivity contribution in [3.63, 3.8) is 0 Å². The van der Waals surface area contributed by atoms with Gasteiger partial charge in [0.25, 0.3) is 5.91 Å². The predicted octanol–water partition coefficient (Wildman–Crippen LogP) is 5.67. The summed E-state index contributed by atoms with van der Waals surface area (Å²) >= 11 is 11.9. The molecule has 0 bridgehead atoms. The molecule has 2 rings (SSSR count). The highest BCUT2D eigenvalue weighted by Crippen LogP contribution is 2.22.